The van der Waals surface area contributed by atoms with Crippen LogP contribution in [0.15, 0.2) is 42.5 Å². The van der Waals surface area contributed by atoms with Crippen LogP contribution >= 0.6 is 11.6 Å². The first-order valence-electron chi connectivity index (χ1n) is 8.48. The minimum Gasteiger partial charge on any atom is -0.368 e. The van der Waals surface area contributed by atoms with Crippen LogP contribution in [-0.2, 0) is 6.18 Å². The first-order chi connectivity index (χ1) is 12.7. The van der Waals surface area contributed by atoms with E-state index in [0.717, 1.165) is 23.4 Å². The van der Waals surface area contributed by atoms with Crippen LogP contribution in [0.3, 0.4) is 0 Å². The highest BCUT2D eigenvalue weighted by molar-refractivity contribution is 6.30. The lowest BCUT2D eigenvalue weighted by molar-refractivity contribution is -0.137. The smallest absolute Gasteiger partial charge is 0.368 e. The van der Waals surface area contributed by atoms with Crippen molar-refractivity contribution in [2.24, 2.45) is 0 Å². The predicted octanol–water partition coefficient (Wildman–Crippen LogP) is 5.02. The molecule has 4 nitrogen and oxygen atoms in total. The maximum atomic E-state index is 12.8. The van der Waals surface area contributed by atoms with Gasteiger partial charge in [-0.1, -0.05) is 17.7 Å². The van der Waals surface area contributed by atoms with Gasteiger partial charge in [-0.15, -0.1) is 0 Å². The van der Waals surface area contributed by atoms with Crippen LogP contribution in [-0.4, -0.2) is 37.1 Å². The van der Waals surface area contributed by atoms with Crippen molar-refractivity contribution in [3.8, 4) is 0 Å². The topological polar surface area (TPSA) is 35.6 Å². The van der Waals surface area contributed by atoms with E-state index in [9.17, 15) is 18.0 Å². The first kappa shape index (κ1) is 19.4. The molecule has 0 saturated carbocycles. The molecular weight excluding hydrogens is 379 g/mol. The molecule has 0 atom stereocenters. The molecule has 2 amide bonds. The molecule has 0 unspecified atom stereocenters. The van der Waals surface area contributed by atoms with Crippen molar-refractivity contribution in [2.75, 3.05) is 36.4 Å². The quantitative estimate of drug-likeness (QED) is 0.772. The van der Waals surface area contributed by atoms with Gasteiger partial charge >= 0.3 is 12.2 Å². The summed E-state index contributed by atoms with van der Waals surface area (Å²) in [5, 5.41) is 3.22. The van der Waals surface area contributed by atoms with Crippen LogP contribution in [0.4, 0.5) is 29.3 Å². The Morgan fingerprint density at radius 1 is 1.07 bits per heavy atom. The summed E-state index contributed by atoms with van der Waals surface area (Å²) in [4.78, 5) is 16.1. The molecule has 8 heteroatoms. The van der Waals surface area contributed by atoms with Crippen molar-refractivity contribution in [2.45, 2.75) is 13.1 Å². The van der Waals surface area contributed by atoms with Gasteiger partial charge in [-0.3, -0.25) is 0 Å². The molecule has 1 saturated heterocycles. The first-order valence-corrected chi connectivity index (χ1v) is 8.86. The highest BCUT2D eigenvalue weighted by Gasteiger charge is 2.30. The second-order valence-corrected chi connectivity index (χ2v) is 6.85. The number of nitrogens with one attached hydrogen (secondary N) is 1. The van der Waals surface area contributed by atoms with E-state index in [0.29, 0.717) is 31.2 Å². The van der Waals surface area contributed by atoms with Crippen LogP contribution < -0.4 is 10.2 Å². The van der Waals surface area contributed by atoms with Crippen LogP contribution in [0.2, 0.25) is 5.02 Å². The summed E-state index contributed by atoms with van der Waals surface area (Å²) >= 11 is 5.99. The zero-order chi connectivity index (χ0) is 19.6. The van der Waals surface area contributed by atoms with Crippen molar-refractivity contribution in [3.63, 3.8) is 0 Å². The van der Waals surface area contributed by atoms with E-state index in [4.69, 9.17) is 11.6 Å². The number of urea groups is 1. The van der Waals surface area contributed by atoms with Gasteiger partial charge in [0.15, 0.2) is 0 Å². The number of anilines is 2. The second-order valence-electron chi connectivity index (χ2n) is 6.41. The summed E-state index contributed by atoms with van der Waals surface area (Å²) in [6.45, 7) is 4.21. The number of halogens is 4. The highest BCUT2D eigenvalue weighted by atomic mass is 35.5. The van der Waals surface area contributed by atoms with Gasteiger partial charge in [0, 0.05) is 42.6 Å². The fourth-order valence-electron chi connectivity index (χ4n) is 3.10. The molecule has 0 aromatic heterocycles. The highest BCUT2D eigenvalue weighted by Crippen LogP contribution is 2.31. The minimum atomic E-state index is -4.44. The number of hydrogen-bond donors (Lipinski definition) is 1. The maximum absolute atomic E-state index is 12.8. The van der Waals surface area contributed by atoms with Crippen molar-refractivity contribution in [1.29, 1.82) is 0 Å². The van der Waals surface area contributed by atoms with E-state index in [1.165, 1.54) is 12.1 Å². The Morgan fingerprint density at radius 2 is 1.78 bits per heavy atom. The van der Waals surface area contributed by atoms with E-state index in [2.05, 4.69) is 10.2 Å². The zero-order valence-corrected chi connectivity index (χ0v) is 15.4. The Bertz CT molecular complexity index is 833. The molecule has 1 aliphatic heterocycles. The van der Waals surface area contributed by atoms with Gasteiger partial charge in [-0.2, -0.15) is 13.2 Å². The van der Waals surface area contributed by atoms with Crippen molar-refractivity contribution in [1.82, 2.24) is 4.90 Å². The molecule has 0 spiro atoms. The molecule has 3 rings (SSSR count). The van der Waals surface area contributed by atoms with Gasteiger partial charge in [0.1, 0.15) is 0 Å². The molecule has 1 N–H and O–H groups in total. The molecular formula is C19H19ClF3N3O. The fourth-order valence-corrected chi connectivity index (χ4v) is 3.33. The third-order valence-electron chi connectivity index (χ3n) is 4.51. The summed E-state index contributed by atoms with van der Waals surface area (Å²) in [5.41, 5.74) is 1.47. The number of rotatable bonds is 2. The summed E-state index contributed by atoms with van der Waals surface area (Å²) in [6.07, 6.45) is -4.44. The maximum Gasteiger partial charge on any atom is 0.416 e. The monoisotopic (exact) mass is 397 g/mol. The van der Waals surface area contributed by atoms with E-state index < -0.39 is 17.8 Å². The van der Waals surface area contributed by atoms with Crippen molar-refractivity contribution >= 4 is 29.0 Å². The van der Waals surface area contributed by atoms with E-state index >= 15 is 0 Å². The van der Waals surface area contributed by atoms with Crippen LogP contribution in [0, 0.1) is 6.92 Å². The molecule has 2 aromatic carbocycles. The number of carbonyl (C=O) groups excluding carboxylic acids is 1. The molecule has 0 radical (unpaired) electrons. The fraction of sp³-hybridized carbons (Fsp3) is 0.316. The molecule has 1 fully saturated rings. The lowest BCUT2D eigenvalue weighted by Gasteiger charge is -2.36. The minimum absolute atomic E-state index is 0.130. The van der Waals surface area contributed by atoms with E-state index in [-0.39, 0.29) is 5.69 Å². The lowest BCUT2D eigenvalue weighted by Crippen LogP contribution is -2.50. The molecule has 0 bridgehead atoms. The number of amides is 2. The van der Waals surface area contributed by atoms with Crippen molar-refractivity contribution < 1.29 is 18.0 Å². The van der Waals surface area contributed by atoms with Gasteiger partial charge in [0.25, 0.3) is 0 Å². The van der Waals surface area contributed by atoms with Crippen LogP contribution in [0.5, 0.6) is 0 Å². The number of alkyl halides is 3. The molecule has 1 heterocycles. The lowest BCUT2D eigenvalue weighted by atomic mass is 10.1. The number of aryl methyl sites for hydroxylation is 1. The number of piperazine rings is 1. The van der Waals surface area contributed by atoms with Gasteiger partial charge in [0.05, 0.1) is 5.56 Å². The average molecular weight is 398 g/mol. The number of benzene rings is 2. The van der Waals surface area contributed by atoms with Gasteiger partial charge in [-0.05, 0) is 48.9 Å². The Morgan fingerprint density at radius 3 is 2.41 bits per heavy atom. The SMILES string of the molecule is Cc1cc(Cl)ccc1N1CCN(C(=O)Nc2cccc(C(F)(F)F)c2)CC1. The van der Waals surface area contributed by atoms with Gasteiger partial charge < -0.3 is 15.1 Å². The summed E-state index contributed by atoms with van der Waals surface area (Å²) in [5.74, 6) is 0. The Kier molecular flexibility index (Phi) is 5.51. The summed E-state index contributed by atoms with van der Waals surface area (Å²) < 4.78 is 38.4. The average Bonchev–Trinajstić information content (AvgIpc) is 2.61. The van der Waals surface area contributed by atoms with Crippen LogP contribution in [0.25, 0.3) is 0 Å². The summed E-state index contributed by atoms with van der Waals surface area (Å²) in [6, 6.07) is 9.91. The second kappa shape index (κ2) is 7.68. The molecule has 144 valence electrons. The third-order valence-corrected chi connectivity index (χ3v) is 4.74. The number of carbonyl (C=O) groups is 1. The molecule has 27 heavy (non-hydrogen) atoms. The predicted molar refractivity (Wildman–Crippen MR) is 100 cm³/mol. The largest absolute Gasteiger partial charge is 0.416 e. The Hall–Kier alpha value is -2.41. The number of hydrogen-bond acceptors (Lipinski definition) is 2. The standard InChI is InChI=1S/C19H19ClF3N3O/c1-13-11-15(20)5-6-17(13)25-7-9-26(10-8-25)18(27)24-16-4-2-3-14(12-16)19(21,22)23/h2-6,11-12H,7-10H2,1H3,(H,24,27). The summed E-state index contributed by atoms with van der Waals surface area (Å²) in [7, 11) is 0. The normalized spacial score (nSPS) is 15.0. The van der Waals surface area contributed by atoms with Crippen molar-refractivity contribution in [3.05, 3.63) is 58.6 Å². The zero-order valence-electron chi connectivity index (χ0n) is 14.7. The third kappa shape index (κ3) is 4.66. The number of nitrogens with zero attached hydrogens (tertiary/aromatic N) is 2. The molecule has 2 aromatic rings. The van der Waals surface area contributed by atoms with E-state index in [1.54, 1.807) is 4.90 Å². The Labute approximate surface area is 160 Å². The molecule has 1 aliphatic rings. The van der Waals surface area contributed by atoms with Gasteiger partial charge in [0.2, 0.25) is 0 Å². The Balaban J connectivity index is 1.60. The van der Waals surface area contributed by atoms with Gasteiger partial charge in [-0.25, -0.2) is 4.79 Å². The molecule has 0 aliphatic carbocycles. The van der Waals surface area contributed by atoms with Crippen LogP contribution in [0.1, 0.15) is 11.1 Å². The van der Waals surface area contributed by atoms with E-state index in [1.807, 2.05) is 25.1 Å².